The number of thioether (sulfide) groups is 1. The zero-order chi connectivity index (χ0) is 18.0. The van der Waals surface area contributed by atoms with Crippen molar-refractivity contribution < 1.29 is 9.53 Å². The molecule has 0 spiro atoms. The van der Waals surface area contributed by atoms with Crippen LogP contribution in [-0.2, 0) is 11.3 Å². The van der Waals surface area contributed by atoms with Crippen LogP contribution in [0.15, 0.2) is 29.3 Å². The molecule has 0 bridgehead atoms. The van der Waals surface area contributed by atoms with E-state index in [9.17, 15) is 4.79 Å². The fourth-order valence-electron chi connectivity index (χ4n) is 1.76. The molecule has 0 aliphatic heterocycles. The molecule has 1 aromatic rings. The van der Waals surface area contributed by atoms with Crippen LogP contribution in [-0.4, -0.2) is 50.1 Å². The molecule has 0 aliphatic carbocycles. The SMILES string of the molecule is CN=C(NCC(=O)NCc1ccc(OC)cc1)NCC(C)(C)SC. The number of guanidine groups is 1. The van der Waals surface area contributed by atoms with Crippen LogP contribution in [0.4, 0.5) is 0 Å². The summed E-state index contributed by atoms with van der Waals surface area (Å²) in [6, 6.07) is 7.60. The smallest absolute Gasteiger partial charge is 0.239 e. The van der Waals surface area contributed by atoms with E-state index in [2.05, 4.69) is 41.0 Å². The van der Waals surface area contributed by atoms with E-state index in [1.807, 2.05) is 24.3 Å². The van der Waals surface area contributed by atoms with Crippen molar-refractivity contribution in [3.63, 3.8) is 0 Å². The molecule has 7 heteroatoms. The summed E-state index contributed by atoms with van der Waals surface area (Å²) in [5.41, 5.74) is 1.02. The van der Waals surface area contributed by atoms with Gasteiger partial charge in [0, 0.05) is 24.9 Å². The van der Waals surface area contributed by atoms with E-state index < -0.39 is 0 Å². The van der Waals surface area contributed by atoms with Crippen LogP contribution in [0.1, 0.15) is 19.4 Å². The Bertz CT molecular complexity index is 544. The van der Waals surface area contributed by atoms with Crippen molar-refractivity contribution in [2.45, 2.75) is 25.1 Å². The van der Waals surface area contributed by atoms with Gasteiger partial charge in [0.1, 0.15) is 5.75 Å². The first-order valence-corrected chi connectivity index (χ1v) is 9.02. The van der Waals surface area contributed by atoms with E-state index in [1.54, 1.807) is 25.9 Å². The number of hydrogen-bond acceptors (Lipinski definition) is 4. The molecule has 0 radical (unpaired) electrons. The highest BCUT2D eigenvalue weighted by Crippen LogP contribution is 2.19. The van der Waals surface area contributed by atoms with Crippen molar-refractivity contribution in [2.75, 3.05) is 33.5 Å². The van der Waals surface area contributed by atoms with Crippen molar-refractivity contribution >= 4 is 23.6 Å². The molecule has 6 nitrogen and oxygen atoms in total. The molecule has 3 N–H and O–H groups in total. The van der Waals surface area contributed by atoms with Gasteiger partial charge in [-0.3, -0.25) is 9.79 Å². The maximum Gasteiger partial charge on any atom is 0.239 e. The van der Waals surface area contributed by atoms with Crippen LogP contribution in [0.3, 0.4) is 0 Å². The van der Waals surface area contributed by atoms with Crippen LogP contribution in [0.25, 0.3) is 0 Å². The van der Waals surface area contributed by atoms with Gasteiger partial charge < -0.3 is 20.7 Å². The number of nitrogens with one attached hydrogen (secondary N) is 3. The average molecular weight is 353 g/mol. The quantitative estimate of drug-likeness (QED) is 0.490. The van der Waals surface area contributed by atoms with E-state index in [0.29, 0.717) is 12.5 Å². The van der Waals surface area contributed by atoms with Crippen LogP contribution in [0.2, 0.25) is 0 Å². The first-order valence-electron chi connectivity index (χ1n) is 7.79. The van der Waals surface area contributed by atoms with E-state index in [-0.39, 0.29) is 17.2 Å². The van der Waals surface area contributed by atoms with Gasteiger partial charge >= 0.3 is 0 Å². The molecular weight excluding hydrogens is 324 g/mol. The molecule has 1 rings (SSSR count). The van der Waals surface area contributed by atoms with Crippen molar-refractivity contribution in [3.8, 4) is 5.75 Å². The van der Waals surface area contributed by atoms with Gasteiger partial charge in [0.2, 0.25) is 5.91 Å². The van der Waals surface area contributed by atoms with Crippen LogP contribution < -0.4 is 20.7 Å². The largest absolute Gasteiger partial charge is 0.497 e. The second-order valence-corrected chi connectivity index (χ2v) is 7.38. The summed E-state index contributed by atoms with van der Waals surface area (Å²) in [4.78, 5) is 16.1. The maximum absolute atomic E-state index is 11.9. The molecule has 0 aliphatic rings. The number of nitrogens with zero attached hydrogens (tertiary/aromatic N) is 1. The molecule has 0 saturated carbocycles. The lowest BCUT2D eigenvalue weighted by Gasteiger charge is -2.23. The van der Waals surface area contributed by atoms with Gasteiger partial charge in [-0.15, -0.1) is 0 Å². The molecular formula is C17H28N4O2S. The fourth-order valence-corrected chi connectivity index (χ4v) is 1.98. The van der Waals surface area contributed by atoms with E-state index in [4.69, 9.17) is 4.74 Å². The average Bonchev–Trinajstić information content (AvgIpc) is 2.60. The van der Waals surface area contributed by atoms with Gasteiger partial charge in [-0.2, -0.15) is 11.8 Å². The summed E-state index contributed by atoms with van der Waals surface area (Å²) in [5.74, 6) is 1.34. The number of ether oxygens (including phenoxy) is 1. The molecule has 1 amide bonds. The lowest BCUT2D eigenvalue weighted by atomic mass is 10.2. The number of benzene rings is 1. The third-order valence-electron chi connectivity index (χ3n) is 3.52. The molecule has 0 heterocycles. The number of amides is 1. The van der Waals surface area contributed by atoms with Crippen LogP contribution >= 0.6 is 11.8 Å². The minimum Gasteiger partial charge on any atom is -0.497 e. The van der Waals surface area contributed by atoms with E-state index in [0.717, 1.165) is 17.9 Å². The minimum absolute atomic E-state index is 0.0853. The summed E-state index contributed by atoms with van der Waals surface area (Å²) >= 11 is 1.78. The predicted molar refractivity (Wildman–Crippen MR) is 102 cm³/mol. The second-order valence-electron chi connectivity index (χ2n) is 5.87. The number of carbonyl (C=O) groups is 1. The normalized spacial score (nSPS) is 11.8. The van der Waals surface area contributed by atoms with Gasteiger partial charge in [0.25, 0.3) is 0 Å². The lowest BCUT2D eigenvalue weighted by molar-refractivity contribution is -0.120. The van der Waals surface area contributed by atoms with Crippen molar-refractivity contribution in [3.05, 3.63) is 29.8 Å². The molecule has 0 saturated heterocycles. The molecule has 0 fully saturated rings. The number of methoxy groups -OCH3 is 1. The summed E-state index contributed by atoms with van der Waals surface area (Å²) in [6.07, 6.45) is 2.07. The standard InChI is InChI=1S/C17H28N4O2S/c1-17(2,24-5)12-21-16(18-3)20-11-15(22)19-10-13-6-8-14(23-4)9-7-13/h6-9H,10-12H2,1-5H3,(H,19,22)(H2,18,20,21). The Balaban J connectivity index is 2.33. The molecule has 0 atom stereocenters. The number of carbonyl (C=O) groups excluding carboxylic acids is 1. The van der Waals surface area contributed by atoms with Gasteiger partial charge in [-0.05, 0) is 37.8 Å². The van der Waals surface area contributed by atoms with E-state index >= 15 is 0 Å². The van der Waals surface area contributed by atoms with Gasteiger partial charge in [-0.1, -0.05) is 12.1 Å². The highest BCUT2D eigenvalue weighted by atomic mass is 32.2. The summed E-state index contributed by atoms with van der Waals surface area (Å²) in [6.45, 7) is 5.73. The Morgan fingerprint density at radius 2 is 1.88 bits per heavy atom. The summed E-state index contributed by atoms with van der Waals surface area (Å²) in [5, 5.41) is 9.11. The lowest BCUT2D eigenvalue weighted by Crippen LogP contribution is -2.46. The Morgan fingerprint density at radius 3 is 2.42 bits per heavy atom. The molecule has 0 aromatic heterocycles. The zero-order valence-corrected chi connectivity index (χ0v) is 15.9. The van der Waals surface area contributed by atoms with E-state index in [1.165, 1.54) is 0 Å². The molecule has 1 aromatic carbocycles. The predicted octanol–water partition coefficient (Wildman–Crippen LogP) is 1.62. The second kappa shape index (κ2) is 10.1. The third-order valence-corrected chi connectivity index (χ3v) is 4.77. The first-order chi connectivity index (χ1) is 11.4. The summed E-state index contributed by atoms with van der Waals surface area (Å²) in [7, 11) is 3.32. The number of aliphatic imine (C=N–C) groups is 1. The maximum atomic E-state index is 11.9. The Kier molecular flexibility index (Phi) is 8.46. The van der Waals surface area contributed by atoms with Gasteiger partial charge in [0.15, 0.2) is 5.96 Å². The molecule has 134 valence electrons. The Labute approximate surface area is 148 Å². The van der Waals surface area contributed by atoms with Gasteiger partial charge in [0.05, 0.1) is 13.7 Å². The zero-order valence-electron chi connectivity index (χ0n) is 15.1. The minimum atomic E-state index is -0.0853. The monoisotopic (exact) mass is 352 g/mol. The topological polar surface area (TPSA) is 74.8 Å². The number of rotatable bonds is 8. The first kappa shape index (κ1) is 20.2. The van der Waals surface area contributed by atoms with Crippen LogP contribution in [0.5, 0.6) is 5.75 Å². The highest BCUT2D eigenvalue weighted by molar-refractivity contribution is 7.99. The number of hydrogen-bond donors (Lipinski definition) is 3. The highest BCUT2D eigenvalue weighted by Gasteiger charge is 2.16. The van der Waals surface area contributed by atoms with Crippen LogP contribution in [0, 0.1) is 0 Å². The Hall–Kier alpha value is -1.89. The van der Waals surface area contributed by atoms with Crippen molar-refractivity contribution in [1.29, 1.82) is 0 Å². The van der Waals surface area contributed by atoms with Gasteiger partial charge in [-0.25, -0.2) is 0 Å². The third kappa shape index (κ3) is 7.59. The van der Waals surface area contributed by atoms with Crippen molar-refractivity contribution in [2.24, 2.45) is 4.99 Å². The van der Waals surface area contributed by atoms with Crippen molar-refractivity contribution in [1.82, 2.24) is 16.0 Å². The molecule has 24 heavy (non-hydrogen) atoms. The Morgan fingerprint density at radius 1 is 1.21 bits per heavy atom. The molecule has 0 unspecified atom stereocenters. The summed E-state index contributed by atoms with van der Waals surface area (Å²) < 4.78 is 5.21. The fraction of sp³-hybridized carbons (Fsp3) is 0.529.